The summed E-state index contributed by atoms with van der Waals surface area (Å²) in [6.07, 6.45) is 5.59. The smallest absolute Gasteiger partial charge is 0.219 e. The molecule has 1 spiro atoms. The number of carbonyl (C=O) groups is 1. The Morgan fingerprint density at radius 3 is 2.42 bits per heavy atom. The molecule has 3 atom stereocenters. The third-order valence-corrected chi connectivity index (χ3v) is 6.56. The number of halogens is 1. The van der Waals surface area contributed by atoms with Gasteiger partial charge in [0.25, 0.3) is 0 Å². The van der Waals surface area contributed by atoms with Crippen molar-refractivity contribution in [2.75, 3.05) is 39.8 Å². The van der Waals surface area contributed by atoms with Crippen LogP contribution in [0.4, 0.5) is 0 Å². The van der Waals surface area contributed by atoms with E-state index in [1.165, 1.54) is 25.7 Å². The molecule has 0 radical (unpaired) electrons. The minimum absolute atomic E-state index is 0. The van der Waals surface area contributed by atoms with Crippen molar-refractivity contribution in [3.63, 3.8) is 0 Å². The van der Waals surface area contributed by atoms with Gasteiger partial charge in [-0.2, -0.15) is 0 Å². The number of nitrogens with zero attached hydrogens (tertiary/aromatic N) is 3. The Bertz CT molecular complexity index is 515. The van der Waals surface area contributed by atoms with Crippen LogP contribution in [0.1, 0.15) is 32.6 Å². The molecule has 2 saturated carbocycles. The van der Waals surface area contributed by atoms with Gasteiger partial charge in [-0.1, -0.05) is 6.42 Å². The first-order chi connectivity index (χ1) is 11.2. The zero-order valence-electron chi connectivity index (χ0n) is 14.7. The van der Waals surface area contributed by atoms with Crippen LogP contribution in [0, 0.1) is 11.3 Å². The van der Waals surface area contributed by atoms with Gasteiger partial charge in [0.1, 0.15) is 0 Å². The molecular weight excluding hydrogens is 419 g/mol. The van der Waals surface area contributed by atoms with Gasteiger partial charge in [-0.05, 0) is 19.3 Å². The summed E-state index contributed by atoms with van der Waals surface area (Å²) >= 11 is 0. The predicted octanol–water partition coefficient (Wildman–Crippen LogP) is 1.30. The number of ether oxygens (including phenoxy) is 1. The SMILES string of the molecule is CN=C(NC1C2CCOC2C12CCC2)N1CCN(C(C)=O)CC1.I. The average Bonchev–Trinajstić information content (AvgIpc) is 2.92. The second-order valence-corrected chi connectivity index (χ2v) is 7.49. The maximum absolute atomic E-state index is 11.5. The summed E-state index contributed by atoms with van der Waals surface area (Å²) in [6.45, 7) is 5.89. The minimum Gasteiger partial charge on any atom is -0.377 e. The van der Waals surface area contributed by atoms with E-state index in [1.54, 1.807) is 6.92 Å². The molecule has 1 N–H and O–H groups in total. The largest absolute Gasteiger partial charge is 0.377 e. The van der Waals surface area contributed by atoms with Crippen LogP contribution in [-0.2, 0) is 9.53 Å². The molecular formula is C17H29IN4O2. The van der Waals surface area contributed by atoms with E-state index in [2.05, 4.69) is 15.2 Å². The monoisotopic (exact) mass is 448 g/mol. The van der Waals surface area contributed by atoms with Gasteiger partial charge in [0.15, 0.2) is 5.96 Å². The lowest BCUT2D eigenvalue weighted by Gasteiger charge is -2.63. The van der Waals surface area contributed by atoms with Crippen LogP contribution in [-0.4, -0.2) is 73.6 Å². The van der Waals surface area contributed by atoms with Crippen molar-refractivity contribution in [3.8, 4) is 0 Å². The summed E-state index contributed by atoms with van der Waals surface area (Å²) in [7, 11) is 1.87. The van der Waals surface area contributed by atoms with Crippen LogP contribution in [0.2, 0.25) is 0 Å². The van der Waals surface area contributed by atoms with Crippen LogP contribution in [0.15, 0.2) is 4.99 Å². The highest BCUT2D eigenvalue weighted by Gasteiger charge is 2.66. The van der Waals surface area contributed by atoms with Gasteiger partial charge in [0.05, 0.1) is 6.10 Å². The number of amides is 1. The van der Waals surface area contributed by atoms with Crippen LogP contribution in [0.25, 0.3) is 0 Å². The molecule has 0 aromatic rings. The summed E-state index contributed by atoms with van der Waals surface area (Å²) < 4.78 is 6.00. The van der Waals surface area contributed by atoms with Crippen molar-refractivity contribution in [3.05, 3.63) is 0 Å². The lowest BCUT2D eigenvalue weighted by atomic mass is 9.46. The van der Waals surface area contributed by atoms with Crippen LogP contribution >= 0.6 is 24.0 Å². The third-order valence-electron chi connectivity index (χ3n) is 6.56. The fourth-order valence-electron chi connectivity index (χ4n) is 5.13. The van der Waals surface area contributed by atoms with Crippen molar-refractivity contribution in [2.45, 2.75) is 44.8 Å². The topological polar surface area (TPSA) is 57.2 Å². The van der Waals surface area contributed by atoms with Gasteiger partial charge in [0.2, 0.25) is 5.91 Å². The molecule has 4 aliphatic rings. The zero-order valence-corrected chi connectivity index (χ0v) is 17.0. The summed E-state index contributed by atoms with van der Waals surface area (Å²) in [5, 5.41) is 3.77. The maximum atomic E-state index is 11.5. The van der Waals surface area contributed by atoms with E-state index in [0.717, 1.165) is 38.7 Å². The normalized spacial score (nSPS) is 34.1. The lowest BCUT2D eigenvalue weighted by molar-refractivity contribution is -0.171. The van der Waals surface area contributed by atoms with Gasteiger partial charge < -0.3 is 19.9 Å². The Morgan fingerprint density at radius 2 is 1.88 bits per heavy atom. The van der Waals surface area contributed by atoms with Gasteiger partial charge >= 0.3 is 0 Å². The number of nitrogens with one attached hydrogen (secondary N) is 1. The first kappa shape index (κ1) is 18.2. The number of piperazine rings is 1. The Morgan fingerprint density at radius 1 is 1.21 bits per heavy atom. The maximum Gasteiger partial charge on any atom is 0.219 e. The molecule has 24 heavy (non-hydrogen) atoms. The van der Waals surface area contributed by atoms with Gasteiger partial charge in [-0.3, -0.25) is 9.79 Å². The van der Waals surface area contributed by atoms with Gasteiger partial charge in [0, 0.05) is 64.1 Å². The molecule has 2 aliphatic heterocycles. The highest BCUT2D eigenvalue weighted by Crippen LogP contribution is 2.62. The van der Waals surface area contributed by atoms with E-state index in [0.29, 0.717) is 23.5 Å². The number of rotatable bonds is 1. The Hall–Kier alpha value is -0.570. The quantitative estimate of drug-likeness (QED) is 0.374. The number of guanidine groups is 1. The fourth-order valence-corrected chi connectivity index (χ4v) is 5.13. The lowest BCUT2D eigenvalue weighted by Crippen LogP contribution is -2.73. The molecule has 136 valence electrons. The van der Waals surface area contributed by atoms with E-state index >= 15 is 0 Å². The molecule has 2 heterocycles. The molecule has 2 saturated heterocycles. The summed E-state index contributed by atoms with van der Waals surface area (Å²) in [4.78, 5) is 20.2. The molecule has 0 bridgehead atoms. The number of carbonyl (C=O) groups excluding carboxylic acids is 1. The minimum atomic E-state index is 0. The van der Waals surface area contributed by atoms with E-state index < -0.39 is 0 Å². The van der Waals surface area contributed by atoms with E-state index in [-0.39, 0.29) is 29.9 Å². The average molecular weight is 448 g/mol. The highest BCUT2D eigenvalue weighted by molar-refractivity contribution is 14.0. The van der Waals surface area contributed by atoms with Crippen LogP contribution in [0.3, 0.4) is 0 Å². The van der Waals surface area contributed by atoms with Crippen molar-refractivity contribution < 1.29 is 9.53 Å². The molecule has 4 fully saturated rings. The molecule has 1 amide bonds. The third kappa shape index (κ3) is 2.71. The van der Waals surface area contributed by atoms with Crippen molar-refractivity contribution in [1.29, 1.82) is 0 Å². The molecule has 0 aromatic carbocycles. The molecule has 0 aromatic heterocycles. The van der Waals surface area contributed by atoms with E-state index in [9.17, 15) is 4.79 Å². The van der Waals surface area contributed by atoms with Gasteiger partial charge in [-0.15, -0.1) is 24.0 Å². The predicted molar refractivity (Wildman–Crippen MR) is 104 cm³/mol. The highest BCUT2D eigenvalue weighted by atomic mass is 127. The number of fused-ring (bicyclic) bond motifs is 2. The fraction of sp³-hybridized carbons (Fsp3) is 0.882. The second kappa shape index (κ2) is 6.97. The Balaban J connectivity index is 0.00000169. The summed E-state index contributed by atoms with van der Waals surface area (Å²) in [5.41, 5.74) is 0.373. The van der Waals surface area contributed by atoms with E-state index in [4.69, 9.17) is 4.74 Å². The number of hydrogen-bond acceptors (Lipinski definition) is 3. The van der Waals surface area contributed by atoms with E-state index in [1.807, 2.05) is 11.9 Å². The molecule has 4 rings (SSSR count). The zero-order chi connectivity index (χ0) is 16.0. The Kier molecular flexibility index (Phi) is 5.30. The number of aliphatic imine (C=N–C) groups is 1. The van der Waals surface area contributed by atoms with Crippen molar-refractivity contribution >= 4 is 35.8 Å². The first-order valence-corrected chi connectivity index (χ1v) is 9.01. The number of hydrogen-bond donors (Lipinski definition) is 1. The Labute approximate surface area is 161 Å². The summed E-state index contributed by atoms with van der Waals surface area (Å²) in [6, 6.07) is 0.522. The van der Waals surface area contributed by atoms with Crippen molar-refractivity contribution in [1.82, 2.24) is 15.1 Å². The molecule has 3 unspecified atom stereocenters. The van der Waals surface area contributed by atoms with Crippen LogP contribution < -0.4 is 5.32 Å². The molecule has 2 aliphatic carbocycles. The molecule has 7 heteroatoms. The summed E-state index contributed by atoms with van der Waals surface area (Å²) in [5.74, 6) is 1.84. The standard InChI is InChI=1S/C17H28N4O2.HI/c1-12(22)20-7-9-21(10-8-20)16(18-2)19-14-13-4-11-23-15(13)17(14)5-3-6-17;/h13-15H,3-11H2,1-2H3,(H,18,19);1H. The van der Waals surface area contributed by atoms with Gasteiger partial charge in [-0.25, -0.2) is 0 Å². The molecule has 6 nitrogen and oxygen atoms in total. The second-order valence-electron chi connectivity index (χ2n) is 7.49. The van der Waals surface area contributed by atoms with Crippen molar-refractivity contribution in [2.24, 2.45) is 16.3 Å². The van der Waals surface area contributed by atoms with Crippen LogP contribution in [0.5, 0.6) is 0 Å². The first-order valence-electron chi connectivity index (χ1n) is 9.01.